The predicted octanol–water partition coefficient (Wildman–Crippen LogP) is 3.09. The number of nitriles is 1. The molecule has 0 unspecified atom stereocenters. The van der Waals surface area contributed by atoms with Gasteiger partial charge in [0.15, 0.2) is 0 Å². The molecule has 1 N–H and O–H groups in total. The van der Waals surface area contributed by atoms with Crippen molar-refractivity contribution < 1.29 is 9.53 Å². The van der Waals surface area contributed by atoms with E-state index in [-0.39, 0.29) is 12.5 Å². The van der Waals surface area contributed by atoms with Crippen LogP contribution in [0.1, 0.15) is 18.1 Å². The Balaban J connectivity index is 1.85. The number of ether oxygens (including phenoxy) is 1. The SMILES string of the molecule is CCOc1ccc(CN(C)CC(=O)Nc2sccc2C#N)cc1. The molecule has 1 heterocycles. The first-order chi connectivity index (χ1) is 11.1. The maximum atomic E-state index is 12.0. The summed E-state index contributed by atoms with van der Waals surface area (Å²) in [5.41, 5.74) is 1.61. The van der Waals surface area contributed by atoms with Gasteiger partial charge in [0.05, 0.1) is 18.7 Å². The van der Waals surface area contributed by atoms with E-state index in [9.17, 15) is 4.79 Å². The van der Waals surface area contributed by atoms with E-state index in [1.165, 1.54) is 11.3 Å². The van der Waals surface area contributed by atoms with Gasteiger partial charge in [-0.25, -0.2) is 0 Å². The molecule has 6 heteroatoms. The fourth-order valence-corrected chi connectivity index (χ4v) is 2.88. The summed E-state index contributed by atoms with van der Waals surface area (Å²) in [5, 5.41) is 14.1. The zero-order valence-corrected chi connectivity index (χ0v) is 14.0. The molecule has 0 aliphatic rings. The molecule has 0 atom stereocenters. The van der Waals surface area contributed by atoms with E-state index in [0.29, 0.717) is 23.7 Å². The molecule has 23 heavy (non-hydrogen) atoms. The number of nitrogens with one attached hydrogen (secondary N) is 1. The summed E-state index contributed by atoms with van der Waals surface area (Å²) in [7, 11) is 1.88. The quantitative estimate of drug-likeness (QED) is 0.848. The molecule has 0 radical (unpaired) electrons. The number of thiophene rings is 1. The highest BCUT2D eigenvalue weighted by Crippen LogP contribution is 2.22. The predicted molar refractivity (Wildman–Crippen MR) is 91.6 cm³/mol. The van der Waals surface area contributed by atoms with Crippen LogP contribution in [0.4, 0.5) is 5.00 Å². The molecule has 0 saturated carbocycles. The van der Waals surface area contributed by atoms with Crippen LogP contribution in [0.2, 0.25) is 0 Å². The van der Waals surface area contributed by atoms with Crippen LogP contribution in [-0.2, 0) is 11.3 Å². The second-order valence-electron chi connectivity index (χ2n) is 5.07. The van der Waals surface area contributed by atoms with Crippen LogP contribution in [0.3, 0.4) is 0 Å². The number of carbonyl (C=O) groups excluding carboxylic acids is 1. The van der Waals surface area contributed by atoms with Gasteiger partial charge in [-0.3, -0.25) is 9.69 Å². The number of nitrogens with zero attached hydrogens (tertiary/aromatic N) is 2. The van der Waals surface area contributed by atoms with Crippen LogP contribution in [0.25, 0.3) is 0 Å². The molecular weight excluding hydrogens is 310 g/mol. The van der Waals surface area contributed by atoms with Crippen LogP contribution in [0.5, 0.6) is 5.75 Å². The van der Waals surface area contributed by atoms with Gasteiger partial charge in [-0.05, 0) is 43.1 Å². The Morgan fingerprint density at radius 2 is 2.09 bits per heavy atom. The van der Waals surface area contributed by atoms with Gasteiger partial charge < -0.3 is 10.1 Å². The number of carbonyl (C=O) groups is 1. The van der Waals surface area contributed by atoms with Crippen molar-refractivity contribution in [1.29, 1.82) is 5.26 Å². The lowest BCUT2D eigenvalue weighted by molar-refractivity contribution is -0.117. The highest BCUT2D eigenvalue weighted by atomic mass is 32.1. The Morgan fingerprint density at radius 1 is 1.35 bits per heavy atom. The normalized spacial score (nSPS) is 10.3. The van der Waals surface area contributed by atoms with E-state index in [2.05, 4.69) is 11.4 Å². The molecule has 5 nitrogen and oxygen atoms in total. The lowest BCUT2D eigenvalue weighted by Crippen LogP contribution is -2.29. The summed E-state index contributed by atoms with van der Waals surface area (Å²) in [6.45, 7) is 3.52. The van der Waals surface area contributed by atoms with Crippen molar-refractivity contribution >= 4 is 22.2 Å². The van der Waals surface area contributed by atoms with Crippen molar-refractivity contribution in [3.63, 3.8) is 0 Å². The van der Waals surface area contributed by atoms with Gasteiger partial charge in [0.2, 0.25) is 5.91 Å². The standard InChI is InChI=1S/C17H19N3O2S/c1-3-22-15-6-4-13(5-7-15)11-20(2)12-16(21)19-17-14(10-18)8-9-23-17/h4-9H,3,11-12H2,1-2H3,(H,19,21). The minimum Gasteiger partial charge on any atom is -0.494 e. The van der Waals surface area contributed by atoms with Crippen LogP contribution in [0.15, 0.2) is 35.7 Å². The maximum absolute atomic E-state index is 12.0. The first-order valence-electron chi connectivity index (χ1n) is 7.30. The second kappa shape index (κ2) is 8.32. The van der Waals surface area contributed by atoms with Gasteiger partial charge >= 0.3 is 0 Å². The first kappa shape index (κ1) is 17.0. The van der Waals surface area contributed by atoms with Gasteiger partial charge in [0, 0.05) is 6.54 Å². The van der Waals surface area contributed by atoms with Crippen LogP contribution in [-0.4, -0.2) is 31.0 Å². The van der Waals surface area contributed by atoms with Crippen molar-refractivity contribution in [2.24, 2.45) is 0 Å². The lowest BCUT2D eigenvalue weighted by Gasteiger charge is -2.16. The fourth-order valence-electron chi connectivity index (χ4n) is 2.13. The van der Waals surface area contributed by atoms with Crippen molar-refractivity contribution in [2.45, 2.75) is 13.5 Å². The lowest BCUT2D eigenvalue weighted by atomic mass is 10.2. The first-order valence-corrected chi connectivity index (χ1v) is 8.18. The van der Waals surface area contributed by atoms with Crippen LogP contribution >= 0.6 is 11.3 Å². The number of likely N-dealkylation sites (N-methyl/N-ethyl adjacent to an activating group) is 1. The molecular formula is C17H19N3O2S. The van der Waals surface area contributed by atoms with Gasteiger partial charge in [-0.2, -0.15) is 5.26 Å². The molecule has 1 amide bonds. The Labute approximate surface area is 140 Å². The topological polar surface area (TPSA) is 65.4 Å². The van der Waals surface area contributed by atoms with Crippen LogP contribution < -0.4 is 10.1 Å². The Bertz CT molecular complexity index is 689. The smallest absolute Gasteiger partial charge is 0.239 e. The highest BCUT2D eigenvalue weighted by molar-refractivity contribution is 7.14. The monoisotopic (exact) mass is 329 g/mol. The number of hydrogen-bond acceptors (Lipinski definition) is 5. The number of anilines is 1. The van der Waals surface area contributed by atoms with E-state index in [0.717, 1.165) is 11.3 Å². The Hall–Kier alpha value is -2.36. The third kappa shape index (κ3) is 5.09. The highest BCUT2D eigenvalue weighted by Gasteiger charge is 2.11. The minimum atomic E-state index is -0.127. The van der Waals surface area contributed by atoms with E-state index in [4.69, 9.17) is 10.00 Å². The number of amides is 1. The molecule has 2 rings (SSSR count). The van der Waals surface area contributed by atoms with E-state index >= 15 is 0 Å². The molecule has 0 bridgehead atoms. The zero-order chi connectivity index (χ0) is 16.7. The largest absolute Gasteiger partial charge is 0.494 e. The molecule has 0 saturated heterocycles. The molecule has 1 aromatic carbocycles. The number of benzene rings is 1. The van der Waals surface area contributed by atoms with E-state index < -0.39 is 0 Å². The molecule has 0 aliphatic carbocycles. The summed E-state index contributed by atoms with van der Waals surface area (Å²) in [5.74, 6) is 0.718. The van der Waals surface area contributed by atoms with Crippen molar-refractivity contribution in [2.75, 3.05) is 25.5 Å². The third-order valence-electron chi connectivity index (χ3n) is 3.14. The minimum absolute atomic E-state index is 0.127. The second-order valence-corrected chi connectivity index (χ2v) is 5.99. The average Bonchev–Trinajstić information content (AvgIpc) is 2.96. The number of rotatable bonds is 7. The molecule has 0 spiro atoms. The van der Waals surface area contributed by atoms with E-state index in [1.54, 1.807) is 11.4 Å². The third-order valence-corrected chi connectivity index (χ3v) is 3.97. The zero-order valence-electron chi connectivity index (χ0n) is 13.2. The van der Waals surface area contributed by atoms with Gasteiger partial charge in [0.1, 0.15) is 16.8 Å². The summed E-state index contributed by atoms with van der Waals surface area (Å²) in [4.78, 5) is 14.0. The van der Waals surface area contributed by atoms with E-state index in [1.807, 2.05) is 43.1 Å². The van der Waals surface area contributed by atoms with Crippen LogP contribution in [0, 0.1) is 11.3 Å². The van der Waals surface area contributed by atoms with Crippen molar-refractivity contribution in [3.8, 4) is 11.8 Å². The summed E-state index contributed by atoms with van der Waals surface area (Å²) >= 11 is 1.35. The van der Waals surface area contributed by atoms with Gasteiger partial charge in [0.25, 0.3) is 0 Å². The molecule has 1 aromatic heterocycles. The molecule has 0 aliphatic heterocycles. The Kier molecular flexibility index (Phi) is 6.15. The van der Waals surface area contributed by atoms with Gasteiger partial charge in [-0.15, -0.1) is 11.3 Å². The molecule has 0 fully saturated rings. The van der Waals surface area contributed by atoms with Crippen molar-refractivity contribution in [3.05, 3.63) is 46.8 Å². The Morgan fingerprint density at radius 3 is 2.74 bits per heavy atom. The van der Waals surface area contributed by atoms with Crippen molar-refractivity contribution in [1.82, 2.24) is 4.90 Å². The van der Waals surface area contributed by atoms with Gasteiger partial charge in [-0.1, -0.05) is 12.1 Å². The maximum Gasteiger partial charge on any atom is 0.239 e. The summed E-state index contributed by atoms with van der Waals surface area (Å²) in [6.07, 6.45) is 0. The summed E-state index contributed by atoms with van der Waals surface area (Å²) < 4.78 is 5.41. The average molecular weight is 329 g/mol. The fraction of sp³-hybridized carbons (Fsp3) is 0.294. The number of hydrogen-bond donors (Lipinski definition) is 1. The molecule has 120 valence electrons. The molecule has 2 aromatic rings. The summed E-state index contributed by atoms with van der Waals surface area (Å²) in [6, 6.07) is 11.6.